The largest absolute Gasteiger partial charge is 0.364 e. The van der Waals surface area contributed by atoms with E-state index in [2.05, 4.69) is 5.32 Å². The van der Waals surface area contributed by atoms with Gasteiger partial charge in [0, 0.05) is 14.1 Å². The Morgan fingerprint density at radius 1 is 1.20 bits per heavy atom. The van der Waals surface area contributed by atoms with Crippen LogP contribution in [0.5, 0.6) is 0 Å². The molecule has 0 fully saturated rings. The number of nitrogens with two attached hydrogens (primary N) is 1. The van der Waals surface area contributed by atoms with E-state index in [-0.39, 0.29) is 5.91 Å². The summed E-state index contributed by atoms with van der Waals surface area (Å²) in [5.74, 6) is -0.737. The van der Waals surface area contributed by atoms with Crippen LogP contribution in [0.1, 0.15) is 32.1 Å². The molecule has 0 aliphatic heterocycles. The topological polar surface area (TPSA) is 77.1 Å². The quantitative estimate of drug-likeness (QED) is 0.724. The molecule has 0 saturated heterocycles. The summed E-state index contributed by atoms with van der Waals surface area (Å²) in [6, 6.07) is 0. The highest BCUT2D eigenvalue weighted by Crippen LogP contribution is 2.20. The monoisotopic (exact) mass is 209 g/mol. The van der Waals surface area contributed by atoms with Gasteiger partial charge in [0.15, 0.2) is 0 Å². The van der Waals surface area contributed by atoms with E-state index >= 15 is 0 Å². The molecule has 1 aromatic heterocycles. The molecule has 5 nitrogen and oxygen atoms in total. The summed E-state index contributed by atoms with van der Waals surface area (Å²) < 4.78 is 1.53. The first-order valence-electron chi connectivity index (χ1n) is 4.59. The highest BCUT2D eigenvalue weighted by molar-refractivity contribution is 6.00. The van der Waals surface area contributed by atoms with Crippen LogP contribution in [0.15, 0.2) is 0 Å². The molecule has 1 rings (SSSR count). The van der Waals surface area contributed by atoms with E-state index < -0.39 is 5.91 Å². The molecule has 15 heavy (non-hydrogen) atoms. The number of carbonyl (C=O) groups is 2. The minimum Gasteiger partial charge on any atom is -0.364 e. The third-order valence-corrected chi connectivity index (χ3v) is 2.62. The zero-order valence-corrected chi connectivity index (χ0v) is 9.34. The van der Waals surface area contributed by atoms with Crippen LogP contribution in [0.3, 0.4) is 0 Å². The number of primary amides is 1. The number of rotatable bonds is 2. The summed E-state index contributed by atoms with van der Waals surface area (Å²) in [7, 11) is 3.21. The van der Waals surface area contributed by atoms with Gasteiger partial charge in [-0.3, -0.25) is 9.59 Å². The molecule has 0 unspecified atom stereocenters. The Morgan fingerprint density at radius 3 is 2.00 bits per heavy atom. The van der Waals surface area contributed by atoms with Crippen LogP contribution in [-0.2, 0) is 7.05 Å². The number of hydrogen-bond donors (Lipinski definition) is 2. The Balaban J connectivity index is 3.49. The molecule has 1 aromatic rings. The molecular weight excluding hydrogens is 194 g/mol. The van der Waals surface area contributed by atoms with Crippen molar-refractivity contribution in [2.24, 2.45) is 12.8 Å². The van der Waals surface area contributed by atoms with Gasteiger partial charge >= 0.3 is 0 Å². The average molecular weight is 209 g/mol. The Morgan fingerprint density at radius 2 is 1.67 bits per heavy atom. The van der Waals surface area contributed by atoms with Crippen LogP contribution in [0.4, 0.5) is 0 Å². The van der Waals surface area contributed by atoms with E-state index in [1.54, 1.807) is 27.9 Å². The Hall–Kier alpha value is -1.78. The van der Waals surface area contributed by atoms with Gasteiger partial charge in [0.1, 0.15) is 11.4 Å². The highest BCUT2D eigenvalue weighted by atomic mass is 16.2. The van der Waals surface area contributed by atoms with Gasteiger partial charge in [0.25, 0.3) is 11.8 Å². The van der Waals surface area contributed by atoms with Crippen molar-refractivity contribution < 1.29 is 9.59 Å². The zero-order valence-electron chi connectivity index (χ0n) is 9.34. The maximum absolute atomic E-state index is 11.6. The minimum absolute atomic E-state index is 0.217. The molecular formula is C10H15N3O2. The van der Waals surface area contributed by atoms with E-state index in [4.69, 9.17) is 5.73 Å². The van der Waals surface area contributed by atoms with Crippen molar-refractivity contribution in [2.75, 3.05) is 7.05 Å². The molecule has 5 heteroatoms. The molecule has 0 radical (unpaired) electrons. The van der Waals surface area contributed by atoms with Gasteiger partial charge in [0.05, 0.1) is 0 Å². The minimum atomic E-state index is -0.520. The number of nitrogens with zero attached hydrogens (tertiary/aromatic N) is 1. The summed E-state index contributed by atoms with van der Waals surface area (Å²) in [6.07, 6.45) is 0. The predicted octanol–water partition coefficient (Wildman–Crippen LogP) is 0.100. The summed E-state index contributed by atoms with van der Waals surface area (Å²) in [5.41, 5.74) is 7.64. The highest BCUT2D eigenvalue weighted by Gasteiger charge is 2.22. The fourth-order valence-corrected chi connectivity index (χ4v) is 1.76. The Kier molecular flexibility index (Phi) is 2.83. The van der Waals surface area contributed by atoms with Crippen molar-refractivity contribution in [1.29, 1.82) is 0 Å². The standard InChI is InChI=1S/C10H15N3O2/c1-5-6(2)8(10(15)12-3)13(4)7(5)9(11)14/h1-4H3,(H2,11,14)(H,12,15). The third-order valence-electron chi connectivity index (χ3n) is 2.62. The molecule has 2 amide bonds. The second kappa shape index (κ2) is 3.76. The van der Waals surface area contributed by atoms with E-state index in [9.17, 15) is 9.59 Å². The van der Waals surface area contributed by atoms with Crippen molar-refractivity contribution in [1.82, 2.24) is 9.88 Å². The van der Waals surface area contributed by atoms with Gasteiger partial charge in [0.2, 0.25) is 0 Å². The first-order valence-corrected chi connectivity index (χ1v) is 4.59. The van der Waals surface area contributed by atoms with Crippen LogP contribution >= 0.6 is 0 Å². The summed E-state index contributed by atoms with van der Waals surface area (Å²) in [4.78, 5) is 22.7. The van der Waals surface area contributed by atoms with Crippen molar-refractivity contribution in [2.45, 2.75) is 13.8 Å². The van der Waals surface area contributed by atoms with Crippen molar-refractivity contribution in [3.05, 3.63) is 22.5 Å². The zero-order chi connectivity index (χ0) is 11.7. The second-order valence-corrected chi connectivity index (χ2v) is 3.45. The van der Waals surface area contributed by atoms with Gasteiger partial charge in [-0.15, -0.1) is 0 Å². The van der Waals surface area contributed by atoms with Crippen LogP contribution in [0.25, 0.3) is 0 Å². The molecule has 0 saturated carbocycles. The first-order chi connectivity index (χ1) is 6.91. The molecule has 0 aliphatic rings. The lowest BCUT2D eigenvalue weighted by Crippen LogP contribution is -2.24. The van der Waals surface area contributed by atoms with E-state index in [1.807, 2.05) is 0 Å². The molecule has 1 heterocycles. The van der Waals surface area contributed by atoms with Crippen molar-refractivity contribution in [3.63, 3.8) is 0 Å². The number of aromatic nitrogens is 1. The van der Waals surface area contributed by atoms with E-state index in [1.165, 1.54) is 4.57 Å². The average Bonchev–Trinajstić information content (AvgIpc) is 2.37. The number of nitrogens with one attached hydrogen (secondary N) is 1. The predicted molar refractivity (Wildman–Crippen MR) is 56.8 cm³/mol. The lowest BCUT2D eigenvalue weighted by Gasteiger charge is -2.04. The lowest BCUT2D eigenvalue weighted by molar-refractivity contribution is 0.0954. The molecule has 82 valence electrons. The van der Waals surface area contributed by atoms with Crippen molar-refractivity contribution in [3.8, 4) is 0 Å². The van der Waals surface area contributed by atoms with Gasteiger partial charge in [-0.1, -0.05) is 0 Å². The van der Waals surface area contributed by atoms with E-state index in [0.29, 0.717) is 11.4 Å². The maximum atomic E-state index is 11.6. The molecule has 0 bridgehead atoms. The van der Waals surface area contributed by atoms with Crippen LogP contribution in [0.2, 0.25) is 0 Å². The summed E-state index contributed by atoms with van der Waals surface area (Å²) in [5, 5.41) is 2.53. The second-order valence-electron chi connectivity index (χ2n) is 3.45. The van der Waals surface area contributed by atoms with E-state index in [0.717, 1.165) is 11.1 Å². The van der Waals surface area contributed by atoms with Crippen LogP contribution < -0.4 is 11.1 Å². The van der Waals surface area contributed by atoms with Crippen molar-refractivity contribution >= 4 is 11.8 Å². The summed E-state index contributed by atoms with van der Waals surface area (Å²) >= 11 is 0. The van der Waals surface area contributed by atoms with Crippen LogP contribution in [0, 0.1) is 13.8 Å². The Labute approximate surface area is 88.3 Å². The normalized spacial score (nSPS) is 10.1. The number of amides is 2. The fraction of sp³-hybridized carbons (Fsp3) is 0.400. The molecule has 0 aliphatic carbocycles. The Bertz CT molecular complexity index is 432. The first kappa shape index (κ1) is 11.3. The van der Waals surface area contributed by atoms with Gasteiger partial charge in [-0.05, 0) is 25.0 Å². The molecule has 0 atom stereocenters. The summed E-state index contributed by atoms with van der Waals surface area (Å²) in [6.45, 7) is 3.58. The number of hydrogen-bond acceptors (Lipinski definition) is 2. The fourth-order valence-electron chi connectivity index (χ4n) is 1.76. The maximum Gasteiger partial charge on any atom is 0.267 e. The SMILES string of the molecule is CNC(=O)c1c(C)c(C)c(C(N)=O)n1C. The molecule has 0 spiro atoms. The number of carbonyl (C=O) groups excluding carboxylic acids is 2. The molecule has 0 aromatic carbocycles. The molecule has 3 N–H and O–H groups in total. The van der Waals surface area contributed by atoms with Crippen LogP contribution in [-0.4, -0.2) is 23.4 Å². The smallest absolute Gasteiger partial charge is 0.267 e. The van der Waals surface area contributed by atoms with Gasteiger partial charge in [-0.2, -0.15) is 0 Å². The third kappa shape index (κ3) is 1.60. The van der Waals surface area contributed by atoms with Gasteiger partial charge in [-0.25, -0.2) is 0 Å². The lowest BCUT2D eigenvalue weighted by atomic mass is 10.1. The van der Waals surface area contributed by atoms with Gasteiger partial charge < -0.3 is 15.6 Å².